The number of allylic oxidation sites excluding steroid dienone is 1. The van der Waals surface area contributed by atoms with Crippen LogP contribution in [-0.4, -0.2) is 26.4 Å². The van der Waals surface area contributed by atoms with Crippen molar-refractivity contribution >= 4 is 39.3 Å². The minimum Gasteiger partial charge on any atom is -0.483 e. The Morgan fingerprint density at radius 2 is 1.90 bits per heavy atom. The summed E-state index contributed by atoms with van der Waals surface area (Å²) >= 11 is 4.76. The molecule has 0 saturated carbocycles. The molecule has 0 aliphatic carbocycles. The molecule has 0 saturated heterocycles. The Kier molecular flexibility index (Phi) is 7.92. The van der Waals surface area contributed by atoms with E-state index in [2.05, 4.69) is 44.1 Å². The molecule has 2 aromatic carbocycles. The predicted octanol–water partition coefficient (Wildman–Crippen LogP) is 5.71. The van der Waals surface area contributed by atoms with Crippen molar-refractivity contribution in [1.29, 1.82) is 0 Å². The highest BCUT2D eigenvalue weighted by Gasteiger charge is 2.20. The van der Waals surface area contributed by atoms with E-state index >= 15 is 0 Å². The minimum absolute atomic E-state index is 0.0936. The van der Waals surface area contributed by atoms with E-state index in [0.717, 1.165) is 27.0 Å². The number of nitrogens with zero attached hydrogens (tertiary/aromatic N) is 3. The second kappa shape index (κ2) is 10.6. The van der Waals surface area contributed by atoms with Gasteiger partial charge in [0.1, 0.15) is 5.75 Å². The van der Waals surface area contributed by atoms with Crippen LogP contribution in [0.15, 0.2) is 64.7 Å². The smallest absolute Gasteiger partial charge is 0.234 e. The van der Waals surface area contributed by atoms with Crippen molar-refractivity contribution in [2.75, 3.05) is 11.1 Å². The number of benzene rings is 2. The van der Waals surface area contributed by atoms with E-state index in [-0.39, 0.29) is 17.8 Å². The molecule has 1 N–H and O–H groups in total. The largest absolute Gasteiger partial charge is 0.483 e. The zero-order chi connectivity index (χ0) is 22.4. The van der Waals surface area contributed by atoms with Crippen molar-refractivity contribution < 1.29 is 9.53 Å². The van der Waals surface area contributed by atoms with Crippen molar-refractivity contribution in [2.24, 2.45) is 0 Å². The van der Waals surface area contributed by atoms with Gasteiger partial charge in [-0.25, -0.2) is 0 Å². The summed E-state index contributed by atoms with van der Waals surface area (Å²) in [6.07, 6.45) is 1.46. The van der Waals surface area contributed by atoms with Crippen LogP contribution in [0.4, 0.5) is 5.69 Å². The van der Waals surface area contributed by atoms with E-state index in [9.17, 15) is 4.79 Å². The lowest BCUT2D eigenvalue weighted by atomic mass is 10.1. The van der Waals surface area contributed by atoms with Gasteiger partial charge in [-0.2, -0.15) is 0 Å². The van der Waals surface area contributed by atoms with Gasteiger partial charge >= 0.3 is 0 Å². The number of thioether (sulfide) groups is 1. The molecule has 0 aliphatic heterocycles. The maximum Gasteiger partial charge on any atom is 0.234 e. The van der Waals surface area contributed by atoms with Gasteiger partial charge in [0.2, 0.25) is 5.91 Å². The van der Waals surface area contributed by atoms with E-state index in [1.807, 2.05) is 61.7 Å². The van der Waals surface area contributed by atoms with Crippen LogP contribution in [0.25, 0.3) is 0 Å². The van der Waals surface area contributed by atoms with Crippen molar-refractivity contribution in [3.8, 4) is 5.75 Å². The molecule has 1 amide bonds. The van der Waals surface area contributed by atoms with E-state index in [0.29, 0.717) is 17.5 Å². The second-order valence-electron chi connectivity index (χ2n) is 7.17. The second-order valence-corrected chi connectivity index (χ2v) is 9.03. The number of hydrogen-bond acceptors (Lipinski definition) is 5. The summed E-state index contributed by atoms with van der Waals surface area (Å²) in [7, 11) is 0. The summed E-state index contributed by atoms with van der Waals surface area (Å²) in [5.41, 5.74) is 3.02. The Morgan fingerprint density at radius 1 is 1.23 bits per heavy atom. The van der Waals surface area contributed by atoms with Crippen LogP contribution >= 0.6 is 27.7 Å². The van der Waals surface area contributed by atoms with Gasteiger partial charge in [0.15, 0.2) is 17.1 Å². The van der Waals surface area contributed by atoms with Crippen LogP contribution in [0.1, 0.15) is 30.0 Å². The van der Waals surface area contributed by atoms with Crippen LogP contribution in [0.2, 0.25) is 0 Å². The molecule has 3 aromatic rings. The van der Waals surface area contributed by atoms with Gasteiger partial charge in [0.05, 0.1) is 5.75 Å². The molecule has 1 aromatic heterocycles. The molecule has 1 unspecified atom stereocenters. The number of halogens is 1. The Hall–Kier alpha value is -2.58. The molecule has 0 bridgehead atoms. The summed E-state index contributed by atoms with van der Waals surface area (Å²) in [5.74, 6) is 1.55. The number of ether oxygens (including phenoxy) is 1. The zero-order valence-electron chi connectivity index (χ0n) is 17.8. The quantitative estimate of drug-likeness (QED) is 0.300. The molecule has 162 valence electrons. The first-order chi connectivity index (χ1) is 14.9. The average molecular weight is 501 g/mol. The maximum absolute atomic E-state index is 12.4. The van der Waals surface area contributed by atoms with Gasteiger partial charge in [0, 0.05) is 16.7 Å². The van der Waals surface area contributed by atoms with Gasteiger partial charge in [-0.1, -0.05) is 39.8 Å². The third-order valence-corrected chi connectivity index (χ3v) is 5.88. The van der Waals surface area contributed by atoms with Gasteiger partial charge in [-0.05, 0) is 68.3 Å². The normalized spacial score (nSPS) is 11.7. The number of carbonyl (C=O) groups is 1. The highest BCUT2D eigenvalue weighted by Crippen LogP contribution is 2.26. The average Bonchev–Trinajstić information content (AvgIpc) is 3.10. The highest BCUT2D eigenvalue weighted by atomic mass is 79.9. The fraction of sp³-hybridized carbons (Fsp3) is 0.261. The standard InChI is InChI=1S/C23H25BrN4O2S/c1-5-10-28-22(17(4)30-20-8-6-18(24)7-9-20)26-27-23(28)31-14-21(29)25-19-12-15(2)11-16(3)13-19/h5-9,11-13,17H,1,10,14H2,2-4H3,(H,25,29). The summed E-state index contributed by atoms with van der Waals surface area (Å²) in [4.78, 5) is 12.4. The molecule has 3 rings (SSSR count). The first-order valence-corrected chi connectivity index (χ1v) is 11.6. The predicted molar refractivity (Wildman–Crippen MR) is 129 cm³/mol. The fourth-order valence-electron chi connectivity index (χ4n) is 3.15. The number of hydrogen-bond donors (Lipinski definition) is 1. The summed E-state index contributed by atoms with van der Waals surface area (Å²) in [6, 6.07) is 13.6. The van der Waals surface area contributed by atoms with E-state index < -0.39 is 0 Å². The van der Waals surface area contributed by atoms with Gasteiger partial charge in [-0.15, -0.1) is 16.8 Å². The van der Waals surface area contributed by atoms with Gasteiger partial charge < -0.3 is 10.1 Å². The van der Waals surface area contributed by atoms with Crippen molar-refractivity contribution in [2.45, 2.75) is 38.6 Å². The Balaban J connectivity index is 1.67. The Bertz CT molecular complexity index is 1050. The van der Waals surface area contributed by atoms with Crippen LogP contribution in [0, 0.1) is 13.8 Å². The third-order valence-electron chi connectivity index (χ3n) is 4.39. The molecule has 1 atom stereocenters. The van der Waals surface area contributed by atoms with Crippen molar-refractivity contribution in [3.05, 3.63) is 76.5 Å². The fourth-order valence-corrected chi connectivity index (χ4v) is 4.17. The number of amides is 1. The van der Waals surface area contributed by atoms with Crippen LogP contribution < -0.4 is 10.1 Å². The number of aromatic nitrogens is 3. The van der Waals surface area contributed by atoms with Crippen LogP contribution in [0.3, 0.4) is 0 Å². The van der Waals surface area contributed by atoms with E-state index in [1.165, 1.54) is 11.8 Å². The number of carbonyl (C=O) groups excluding carboxylic acids is 1. The lowest BCUT2D eigenvalue weighted by molar-refractivity contribution is -0.113. The monoisotopic (exact) mass is 500 g/mol. The number of anilines is 1. The van der Waals surface area contributed by atoms with E-state index in [4.69, 9.17) is 4.74 Å². The molecule has 0 aliphatic rings. The third kappa shape index (κ3) is 6.45. The molecular weight excluding hydrogens is 476 g/mol. The van der Waals surface area contributed by atoms with Crippen molar-refractivity contribution in [3.63, 3.8) is 0 Å². The highest BCUT2D eigenvalue weighted by molar-refractivity contribution is 9.10. The summed E-state index contributed by atoms with van der Waals surface area (Å²) in [5, 5.41) is 12.2. The molecule has 0 spiro atoms. The molecule has 1 heterocycles. The molecule has 0 fully saturated rings. The maximum atomic E-state index is 12.4. The van der Waals surface area contributed by atoms with Crippen molar-refractivity contribution in [1.82, 2.24) is 14.8 Å². The minimum atomic E-state index is -0.313. The lowest BCUT2D eigenvalue weighted by Gasteiger charge is -2.15. The number of rotatable bonds is 9. The molecular formula is C23H25BrN4O2S. The Labute approximate surface area is 195 Å². The lowest BCUT2D eigenvalue weighted by Crippen LogP contribution is -2.15. The SMILES string of the molecule is C=CCn1c(SCC(=O)Nc2cc(C)cc(C)c2)nnc1C(C)Oc1ccc(Br)cc1. The molecule has 31 heavy (non-hydrogen) atoms. The van der Waals surface area contributed by atoms with Gasteiger partial charge in [0.25, 0.3) is 0 Å². The zero-order valence-corrected chi connectivity index (χ0v) is 20.2. The molecule has 6 nitrogen and oxygen atoms in total. The summed E-state index contributed by atoms with van der Waals surface area (Å²) in [6.45, 7) is 10.3. The first-order valence-electron chi connectivity index (χ1n) is 9.83. The van der Waals surface area contributed by atoms with E-state index in [1.54, 1.807) is 6.08 Å². The Morgan fingerprint density at radius 3 is 2.55 bits per heavy atom. The van der Waals surface area contributed by atoms with Crippen LogP contribution in [-0.2, 0) is 11.3 Å². The topological polar surface area (TPSA) is 69.0 Å². The van der Waals surface area contributed by atoms with Gasteiger partial charge in [-0.3, -0.25) is 9.36 Å². The number of nitrogens with one attached hydrogen (secondary N) is 1. The molecule has 8 heteroatoms. The molecule has 0 radical (unpaired) electrons. The van der Waals surface area contributed by atoms with Crippen LogP contribution in [0.5, 0.6) is 5.75 Å². The first kappa shape index (κ1) is 23.1. The number of aryl methyl sites for hydroxylation is 2. The summed E-state index contributed by atoms with van der Waals surface area (Å²) < 4.78 is 8.92.